The number of amides is 1. The third kappa shape index (κ3) is 3.78. The van der Waals surface area contributed by atoms with Gasteiger partial charge in [0.15, 0.2) is 0 Å². The van der Waals surface area contributed by atoms with Crippen LogP contribution in [-0.2, 0) is 4.79 Å². The maximum atomic E-state index is 12.6. The van der Waals surface area contributed by atoms with E-state index in [2.05, 4.69) is 16.3 Å². The number of ether oxygens (including phenoxy) is 1. The van der Waals surface area contributed by atoms with Gasteiger partial charge in [-0.1, -0.05) is 24.3 Å². The second-order valence-corrected chi connectivity index (χ2v) is 6.91. The average molecular weight is 342 g/mol. The normalized spacial score (nSPS) is 22.1. The number of nitrogens with zero attached hydrogens (tertiary/aromatic N) is 1. The molecule has 0 bridgehead atoms. The van der Waals surface area contributed by atoms with Crippen molar-refractivity contribution in [3.63, 3.8) is 0 Å². The molecular formula is C20H26N2O3. The Morgan fingerprint density at radius 2 is 2.04 bits per heavy atom. The van der Waals surface area contributed by atoms with E-state index in [0.717, 1.165) is 35.1 Å². The van der Waals surface area contributed by atoms with Crippen LogP contribution < -0.4 is 10.1 Å². The minimum Gasteiger partial charge on any atom is -0.497 e. The Kier molecular flexibility index (Phi) is 5.25. The lowest BCUT2D eigenvalue weighted by molar-refractivity contribution is -0.122. The van der Waals surface area contributed by atoms with Crippen LogP contribution in [0.1, 0.15) is 24.8 Å². The predicted molar refractivity (Wildman–Crippen MR) is 99.0 cm³/mol. The van der Waals surface area contributed by atoms with E-state index in [-0.39, 0.29) is 30.5 Å². The minimum absolute atomic E-state index is 0.0323. The van der Waals surface area contributed by atoms with Gasteiger partial charge in [-0.3, -0.25) is 9.69 Å². The molecule has 5 nitrogen and oxygen atoms in total. The smallest absolute Gasteiger partial charge is 0.227 e. The summed E-state index contributed by atoms with van der Waals surface area (Å²) in [5.74, 6) is 0.643. The number of carbonyl (C=O) groups excluding carboxylic acids is 1. The first-order valence-corrected chi connectivity index (χ1v) is 8.71. The molecule has 5 heteroatoms. The molecule has 134 valence electrons. The second kappa shape index (κ2) is 7.42. The van der Waals surface area contributed by atoms with Crippen molar-refractivity contribution < 1.29 is 14.6 Å². The van der Waals surface area contributed by atoms with E-state index < -0.39 is 0 Å². The molecule has 0 radical (unpaired) electrons. The number of hydrogen-bond acceptors (Lipinski definition) is 4. The Balaban J connectivity index is 1.70. The lowest BCUT2D eigenvalue weighted by atomic mass is 9.96. The zero-order chi connectivity index (χ0) is 18.0. The Labute approximate surface area is 148 Å². The summed E-state index contributed by atoms with van der Waals surface area (Å²) in [5, 5.41) is 14.7. The van der Waals surface area contributed by atoms with Crippen LogP contribution >= 0.6 is 0 Å². The highest BCUT2D eigenvalue weighted by Gasteiger charge is 2.30. The Hall–Kier alpha value is -2.11. The van der Waals surface area contributed by atoms with Crippen LogP contribution in [0, 0.1) is 0 Å². The number of aliphatic hydroxyl groups is 1. The van der Waals surface area contributed by atoms with Crippen molar-refractivity contribution in [1.29, 1.82) is 0 Å². The van der Waals surface area contributed by atoms with Gasteiger partial charge in [-0.05, 0) is 48.9 Å². The number of hydrogen-bond donors (Lipinski definition) is 2. The Morgan fingerprint density at radius 3 is 2.72 bits per heavy atom. The van der Waals surface area contributed by atoms with E-state index in [1.54, 1.807) is 7.11 Å². The zero-order valence-electron chi connectivity index (χ0n) is 15.0. The van der Waals surface area contributed by atoms with Gasteiger partial charge in [0.2, 0.25) is 5.91 Å². The van der Waals surface area contributed by atoms with E-state index in [4.69, 9.17) is 4.74 Å². The average Bonchev–Trinajstić information content (AvgIpc) is 2.99. The van der Waals surface area contributed by atoms with Crippen molar-refractivity contribution in [2.24, 2.45) is 0 Å². The summed E-state index contributed by atoms with van der Waals surface area (Å²) in [5.41, 5.74) is 1.00. The number of benzene rings is 2. The summed E-state index contributed by atoms with van der Waals surface area (Å²) in [4.78, 5) is 14.7. The van der Waals surface area contributed by atoms with E-state index in [1.165, 1.54) is 0 Å². The third-order valence-corrected chi connectivity index (χ3v) is 5.21. The fourth-order valence-corrected chi connectivity index (χ4v) is 3.51. The topological polar surface area (TPSA) is 61.8 Å². The lowest BCUT2D eigenvalue weighted by Gasteiger charge is -2.17. The number of methoxy groups -OCH3 is 1. The van der Waals surface area contributed by atoms with Crippen molar-refractivity contribution in [3.05, 3.63) is 42.0 Å². The molecule has 3 atom stereocenters. The van der Waals surface area contributed by atoms with Gasteiger partial charge < -0.3 is 15.2 Å². The highest BCUT2D eigenvalue weighted by molar-refractivity contribution is 5.88. The molecule has 0 saturated carbocycles. The van der Waals surface area contributed by atoms with Crippen molar-refractivity contribution in [1.82, 2.24) is 10.2 Å². The minimum atomic E-state index is -0.218. The molecule has 2 aromatic rings. The van der Waals surface area contributed by atoms with Gasteiger partial charge >= 0.3 is 0 Å². The molecule has 0 spiro atoms. The van der Waals surface area contributed by atoms with E-state index >= 15 is 0 Å². The first-order chi connectivity index (χ1) is 12.0. The van der Waals surface area contributed by atoms with Crippen LogP contribution in [0.2, 0.25) is 0 Å². The van der Waals surface area contributed by atoms with Gasteiger partial charge in [-0.2, -0.15) is 0 Å². The largest absolute Gasteiger partial charge is 0.497 e. The first-order valence-electron chi connectivity index (χ1n) is 8.71. The summed E-state index contributed by atoms with van der Waals surface area (Å²) < 4.78 is 5.25. The molecule has 2 aromatic carbocycles. The number of likely N-dealkylation sites (N-methyl/N-ethyl adjacent to an activating group) is 1. The molecule has 1 amide bonds. The molecule has 0 aromatic heterocycles. The lowest BCUT2D eigenvalue weighted by Crippen LogP contribution is -2.38. The molecule has 2 N–H and O–H groups in total. The van der Waals surface area contributed by atoms with Gasteiger partial charge in [0.25, 0.3) is 0 Å². The summed E-state index contributed by atoms with van der Waals surface area (Å²) in [6.07, 6.45) is 0.795. The van der Waals surface area contributed by atoms with Crippen LogP contribution in [0.5, 0.6) is 5.75 Å². The maximum absolute atomic E-state index is 12.6. The first kappa shape index (κ1) is 17.7. The van der Waals surface area contributed by atoms with Crippen LogP contribution in [0.15, 0.2) is 36.4 Å². The monoisotopic (exact) mass is 342 g/mol. The highest BCUT2D eigenvalue weighted by Crippen LogP contribution is 2.25. The Bertz CT molecular complexity index is 762. The van der Waals surface area contributed by atoms with Crippen molar-refractivity contribution >= 4 is 16.7 Å². The standard InChI is InChI=1S/C20H26N2O3/c1-13(20(24)21-17-10-18(12-23)22(2)11-17)14-4-5-16-9-19(25-3)7-6-15(16)8-14/h4-9,13,17-18,23H,10-12H2,1-3H3,(H,21,24). The molecule has 1 heterocycles. The van der Waals surface area contributed by atoms with Crippen LogP contribution in [0.4, 0.5) is 0 Å². The fraction of sp³-hybridized carbons (Fsp3) is 0.450. The van der Waals surface area contributed by atoms with Gasteiger partial charge in [0.1, 0.15) is 5.75 Å². The molecule has 25 heavy (non-hydrogen) atoms. The summed E-state index contributed by atoms with van der Waals surface area (Å²) in [7, 11) is 3.64. The summed E-state index contributed by atoms with van der Waals surface area (Å²) in [6.45, 7) is 2.84. The SMILES string of the molecule is COc1ccc2cc(C(C)C(=O)NC3CC(CO)N(C)C3)ccc2c1. The summed E-state index contributed by atoms with van der Waals surface area (Å²) in [6, 6.07) is 12.3. The van der Waals surface area contributed by atoms with Gasteiger partial charge in [-0.25, -0.2) is 0 Å². The number of rotatable bonds is 5. The van der Waals surface area contributed by atoms with Gasteiger partial charge in [-0.15, -0.1) is 0 Å². The molecule has 1 aliphatic rings. The van der Waals surface area contributed by atoms with Crippen LogP contribution in [0.3, 0.4) is 0 Å². The van der Waals surface area contributed by atoms with Crippen molar-refractivity contribution in [3.8, 4) is 5.75 Å². The van der Waals surface area contributed by atoms with Crippen molar-refractivity contribution in [2.75, 3.05) is 27.3 Å². The molecule has 0 aliphatic carbocycles. The van der Waals surface area contributed by atoms with E-state index in [1.807, 2.05) is 44.3 Å². The fourth-order valence-electron chi connectivity index (χ4n) is 3.51. The quantitative estimate of drug-likeness (QED) is 0.874. The van der Waals surface area contributed by atoms with Crippen LogP contribution in [0.25, 0.3) is 10.8 Å². The number of nitrogens with one attached hydrogen (secondary N) is 1. The molecule has 1 saturated heterocycles. The third-order valence-electron chi connectivity index (χ3n) is 5.21. The van der Waals surface area contributed by atoms with E-state index in [0.29, 0.717) is 0 Å². The summed E-state index contributed by atoms with van der Waals surface area (Å²) >= 11 is 0. The van der Waals surface area contributed by atoms with E-state index in [9.17, 15) is 9.90 Å². The Morgan fingerprint density at radius 1 is 1.32 bits per heavy atom. The molecule has 1 fully saturated rings. The maximum Gasteiger partial charge on any atom is 0.227 e. The molecule has 1 aliphatic heterocycles. The molecule has 3 unspecified atom stereocenters. The number of carbonyl (C=O) groups is 1. The number of fused-ring (bicyclic) bond motifs is 1. The molecule has 3 rings (SSSR count). The second-order valence-electron chi connectivity index (χ2n) is 6.91. The molecular weight excluding hydrogens is 316 g/mol. The van der Waals surface area contributed by atoms with Crippen LogP contribution in [-0.4, -0.2) is 55.3 Å². The van der Waals surface area contributed by atoms with Crippen molar-refractivity contribution in [2.45, 2.75) is 31.3 Å². The number of likely N-dealkylation sites (tertiary alicyclic amines) is 1. The van der Waals surface area contributed by atoms with Gasteiger partial charge in [0, 0.05) is 18.6 Å². The highest BCUT2D eigenvalue weighted by atomic mass is 16.5. The predicted octanol–water partition coefficient (Wildman–Crippen LogP) is 2.13. The number of aliphatic hydroxyl groups excluding tert-OH is 1. The van der Waals surface area contributed by atoms with Gasteiger partial charge in [0.05, 0.1) is 19.6 Å². The zero-order valence-corrected chi connectivity index (χ0v) is 15.0.